The number of benzene rings is 2. The number of anilines is 1. The summed E-state index contributed by atoms with van der Waals surface area (Å²) >= 11 is 6.01. The van der Waals surface area contributed by atoms with Crippen molar-refractivity contribution in [3.63, 3.8) is 0 Å². The molecule has 0 unspecified atom stereocenters. The summed E-state index contributed by atoms with van der Waals surface area (Å²) in [6.45, 7) is 8.97. The van der Waals surface area contributed by atoms with Crippen molar-refractivity contribution in [2.75, 3.05) is 18.0 Å². The van der Waals surface area contributed by atoms with Crippen LogP contribution in [0.1, 0.15) is 64.0 Å². The molecule has 4 rings (SSSR count). The Hall–Kier alpha value is -2.87. The van der Waals surface area contributed by atoms with Crippen molar-refractivity contribution in [3.05, 3.63) is 76.3 Å². The molecular formula is C32H43ClN4O3. The van der Waals surface area contributed by atoms with E-state index in [-0.39, 0.29) is 30.0 Å². The largest absolute Gasteiger partial charge is 0.372 e. The van der Waals surface area contributed by atoms with Gasteiger partial charge in [-0.15, -0.1) is 0 Å². The maximum atomic E-state index is 13.3. The summed E-state index contributed by atoms with van der Waals surface area (Å²) < 4.78 is 6.48. The zero-order chi connectivity index (χ0) is 28.5. The van der Waals surface area contributed by atoms with E-state index in [0.29, 0.717) is 30.1 Å². The van der Waals surface area contributed by atoms with Gasteiger partial charge in [0, 0.05) is 55.4 Å². The van der Waals surface area contributed by atoms with Crippen molar-refractivity contribution in [3.8, 4) is 0 Å². The van der Waals surface area contributed by atoms with Crippen LogP contribution in [0.25, 0.3) is 0 Å². The highest BCUT2D eigenvalue weighted by Crippen LogP contribution is 2.26. The minimum atomic E-state index is -0.422. The molecule has 2 aromatic rings. The third kappa shape index (κ3) is 8.32. The number of nitrogens with zero attached hydrogens (tertiary/aromatic N) is 1. The molecule has 3 atom stereocenters. The lowest BCUT2D eigenvalue weighted by Crippen LogP contribution is -2.58. The fourth-order valence-corrected chi connectivity index (χ4v) is 5.65. The summed E-state index contributed by atoms with van der Waals surface area (Å²) in [4.78, 5) is 28.0. The van der Waals surface area contributed by atoms with Crippen molar-refractivity contribution in [2.45, 2.75) is 90.3 Å². The van der Waals surface area contributed by atoms with Gasteiger partial charge in [0.15, 0.2) is 0 Å². The molecule has 0 spiro atoms. The molecule has 0 aromatic heterocycles. The Morgan fingerprint density at radius 3 is 2.23 bits per heavy atom. The molecular weight excluding hydrogens is 524 g/mol. The average molecular weight is 567 g/mol. The van der Waals surface area contributed by atoms with Crippen LogP contribution in [0.2, 0.25) is 5.02 Å². The van der Waals surface area contributed by atoms with Crippen molar-refractivity contribution >= 4 is 29.1 Å². The predicted octanol–water partition coefficient (Wildman–Crippen LogP) is 5.12. The maximum absolute atomic E-state index is 13.3. The topological polar surface area (TPSA) is 82.7 Å². The Kier molecular flexibility index (Phi) is 11.0. The first-order chi connectivity index (χ1) is 19.4. The minimum absolute atomic E-state index is 0.0350. The predicted molar refractivity (Wildman–Crippen MR) is 161 cm³/mol. The zero-order valence-corrected chi connectivity index (χ0v) is 24.7. The molecule has 216 valence electrons. The van der Waals surface area contributed by atoms with E-state index in [2.05, 4.69) is 59.0 Å². The summed E-state index contributed by atoms with van der Waals surface area (Å²) in [5.41, 5.74) is 4.05. The van der Waals surface area contributed by atoms with E-state index in [1.165, 1.54) is 25.5 Å². The molecule has 7 nitrogen and oxygen atoms in total. The monoisotopic (exact) mass is 566 g/mol. The molecule has 1 aliphatic heterocycles. The first-order valence-electron chi connectivity index (χ1n) is 14.6. The van der Waals surface area contributed by atoms with E-state index >= 15 is 0 Å². The lowest BCUT2D eigenvalue weighted by molar-refractivity contribution is -0.121. The Morgan fingerprint density at radius 2 is 1.60 bits per heavy atom. The molecule has 0 saturated carbocycles. The molecule has 1 fully saturated rings. The van der Waals surface area contributed by atoms with Crippen LogP contribution in [-0.2, 0) is 27.4 Å². The molecule has 1 saturated heterocycles. The third-order valence-corrected chi connectivity index (χ3v) is 8.11. The number of hydrogen-bond donors (Lipinski definition) is 3. The van der Waals surface area contributed by atoms with Crippen LogP contribution >= 0.6 is 11.6 Å². The molecule has 1 aliphatic carbocycles. The van der Waals surface area contributed by atoms with Gasteiger partial charge in [-0.25, -0.2) is 0 Å². The van der Waals surface area contributed by atoms with Gasteiger partial charge in [-0.05, 0) is 73.6 Å². The van der Waals surface area contributed by atoms with Crippen LogP contribution in [-0.4, -0.2) is 49.2 Å². The molecule has 2 aromatic carbocycles. The van der Waals surface area contributed by atoms with Crippen molar-refractivity contribution < 1.29 is 14.3 Å². The highest BCUT2D eigenvalue weighted by Gasteiger charge is 2.37. The number of hydrogen-bond acceptors (Lipinski definition) is 5. The Bertz CT molecular complexity index is 1140. The standard InChI is InChI=1S/C32H43ClN4O3/c1-4-28(5-2)40-30-19-25(32(39)35-21-23-8-12-26(33)13-9-23)18-29(31(30)36-22(3)38)34-20-24-10-14-27(15-11-24)37-16-6-7-17-37/h8-15,19,28-31,34H,4-7,16-18,20-21H2,1-3H3,(H,35,39)(H,36,38)/t29-,30+,31+/m0/s1. The normalized spacial score (nSPS) is 20.9. The molecule has 0 radical (unpaired) electrons. The Labute approximate surface area is 243 Å². The van der Waals surface area contributed by atoms with E-state index in [9.17, 15) is 9.59 Å². The molecule has 2 aliphatic rings. The number of nitrogens with one attached hydrogen (secondary N) is 3. The number of halogens is 1. The van der Waals surface area contributed by atoms with E-state index in [4.69, 9.17) is 16.3 Å². The first kappa shape index (κ1) is 30.1. The fourth-order valence-electron chi connectivity index (χ4n) is 5.52. The highest BCUT2D eigenvalue weighted by atomic mass is 35.5. The fraction of sp³-hybridized carbons (Fsp3) is 0.500. The number of rotatable bonds is 12. The second-order valence-corrected chi connectivity index (χ2v) is 11.3. The van der Waals surface area contributed by atoms with Crippen molar-refractivity contribution in [1.82, 2.24) is 16.0 Å². The van der Waals surface area contributed by atoms with Gasteiger partial charge in [-0.1, -0.05) is 49.7 Å². The van der Waals surface area contributed by atoms with Gasteiger partial charge >= 0.3 is 0 Å². The molecule has 8 heteroatoms. The highest BCUT2D eigenvalue weighted by molar-refractivity contribution is 6.30. The van der Waals surface area contributed by atoms with E-state index < -0.39 is 6.10 Å². The lowest BCUT2D eigenvalue weighted by Gasteiger charge is -2.39. The second-order valence-electron chi connectivity index (χ2n) is 10.8. The van der Waals surface area contributed by atoms with E-state index in [0.717, 1.165) is 37.1 Å². The number of ether oxygens (including phenoxy) is 1. The minimum Gasteiger partial charge on any atom is -0.372 e. The zero-order valence-electron chi connectivity index (χ0n) is 23.9. The van der Waals surface area contributed by atoms with Crippen LogP contribution in [0.4, 0.5) is 5.69 Å². The summed E-state index contributed by atoms with van der Waals surface area (Å²) in [7, 11) is 0. The summed E-state index contributed by atoms with van der Waals surface area (Å²) in [5.74, 6) is -0.245. The SMILES string of the molecule is CCC(CC)O[C@@H]1C=C(C(=O)NCc2ccc(Cl)cc2)C[C@H](NCc2ccc(N3CCCC3)cc2)[C@H]1NC(C)=O. The maximum Gasteiger partial charge on any atom is 0.247 e. The Morgan fingerprint density at radius 1 is 0.975 bits per heavy atom. The van der Waals surface area contributed by atoms with Crippen molar-refractivity contribution in [2.24, 2.45) is 0 Å². The van der Waals surface area contributed by atoms with Gasteiger partial charge in [0.1, 0.15) is 0 Å². The number of amides is 2. The van der Waals surface area contributed by atoms with E-state index in [1.807, 2.05) is 30.3 Å². The number of carbonyl (C=O) groups is 2. The smallest absolute Gasteiger partial charge is 0.247 e. The molecule has 1 heterocycles. The molecule has 40 heavy (non-hydrogen) atoms. The average Bonchev–Trinajstić information content (AvgIpc) is 3.50. The second kappa shape index (κ2) is 14.7. The van der Waals surface area contributed by atoms with Crippen LogP contribution in [0.15, 0.2) is 60.2 Å². The summed E-state index contributed by atoms with van der Waals surface area (Å²) in [6.07, 6.45) is 6.20. The van der Waals surface area contributed by atoms with Gasteiger partial charge < -0.3 is 25.6 Å². The van der Waals surface area contributed by atoms with Gasteiger partial charge in [0.2, 0.25) is 11.8 Å². The van der Waals surface area contributed by atoms with Crippen LogP contribution in [0.5, 0.6) is 0 Å². The van der Waals surface area contributed by atoms with E-state index in [1.54, 1.807) is 0 Å². The van der Waals surface area contributed by atoms with Crippen molar-refractivity contribution in [1.29, 1.82) is 0 Å². The number of carbonyl (C=O) groups excluding carboxylic acids is 2. The Balaban J connectivity index is 1.50. The first-order valence-corrected chi connectivity index (χ1v) is 15.0. The molecule has 0 bridgehead atoms. The summed E-state index contributed by atoms with van der Waals surface area (Å²) in [6, 6.07) is 15.7. The van der Waals surface area contributed by atoms with Gasteiger partial charge in [-0.2, -0.15) is 0 Å². The molecule has 2 amide bonds. The lowest BCUT2D eigenvalue weighted by atomic mass is 9.86. The van der Waals surface area contributed by atoms with Gasteiger partial charge in [-0.3, -0.25) is 9.59 Å². The summed E-state index contributed by atoms with van der Waals surface area (Å²) in [5, 5.41) is 10.5. The van der Waals surface area contributed by atoms with Crippen LogP contribution in [0, 0.1) is 0 Å². The van der Waals surface area contributed by atoms with Crippen LogP contribution in [0.3, 0.4) is 0 Å². The third-order valence-electron chi connectivity index (χ3n) is 7.86. The quantitative estimate of drug-likeness (QED) is 0.332. The van der Waals surface area contributed by atoms with Gasteiger partial charge in [0.05, 0.1) is 18.2 Å². The van der Waals surface area contributed by atoms with Crippen LogP contribution < -0.4 is 20.9 Å². The molecule has 3 N–H and O–H groups in total. The van der Waals surface area contributed by atoms with Gasteiger partial charge in [0.25, 0.3) is 0 Å².